The van der Waals surface area contributed by atoms with Gasteiger partial charge in [-0.05, 0) is 69.0 Å². The molecule has 268 valence electrons. The zero-order valence-electron chi connectivity index (χ0n) is 29.2. The number of nitrogens with one attached hydrogen (secondary N) is 2. The van der Waals surface area contributed by atoms with Crippen LogP contribution < -0.4 is 24.8 Å². The van der Waals surface area contributed by atoms with Gasteiger partial charge in [-0.25, -0.2) is 4.79 Å². The third-order valence-corrected chi connectivity index (χ3v) is 8.97. The first-order chi connectivity index (χ1) is 24.1. The van der Waals surface area contributed by atoms with Gasteiger partial charge in [-0.3, -0.25) is 9.59 Å². The molecule has 0 aliphatic carbocycles. The second kappa shape index (κ2) is 17.2. The number of likely N-dealkylation sites (N-methyl/N-ethyl adjacent to an activating group) is 1. The summed E-state index contributed by atoms with van der Waals surface area (Å²) in [5.41, 5.74) is 2.21. The van der Waals surface area contributed by atoms with Gasteiger partial charge in [-0.2, -0.15) is 0 Å². The molecule has 50 heavy (non-hydrogen) atoms. The summed E-state index contributed by atoms with van der Waals surface area (Å²) >= 11 is 0. The Morgan fingerprint density at radius 2 is 1.68 bits per heavy atom. The molecule has 0 aromatic heterocycles. The minimum atomic E-state index is -0.535. The number of aliphatic hydroxyl groups excluding tert-OH is 1. The molecule has 2 aliphatic heterocycles. The number of urea groups is 1. The molecule has 12 nitrogen and oxygen atoms in total. The number of ether oxygens (including phenoxy) is 4. The first-order valence-corrected chi connectivity index (χ1v) is 17.2. The Labute approximate surface area is 293 Å². The molecule has 4 amide bonds. The monoisotopic (exact) mass is 688 g/mol. The Morgan fingerprint density at radius 1 is 0.960 bits per heavy atom. The van der Waals surface area contributed by atoms with Crippen LogP contribution in [0.1, 0.15) is 56.0 Å². The van der Waals surface area contributed by atoms with E-state index in [9.17, 15) is 19.5 Å². The highest BCUT2D eigenvalue weighted by Gasteiger charge is 2.31. The van der Waals surface area contributed by atoms with Crippen LogP contribution in [0.25, 0.3) is 0 Å². The van der Waals surface area contributed by atoms with E-state index < -0.39 is 12.1 Å². The van der Waals surface area contributed by atoms with Gasteiger partial charge in [0.15, 0.2) is 11.5 Å². The Hall–Kier alpha value is -4.81. The second-order valence-corrected chi connectivity index (χ2v) is 13.1. The summed E-state index contributed by atoms with van der Waals surface area (Å²) in [5, 5.41) is 16.1. The summed E-state index contributed by atoms with van der Waals surface area (Å²) in [6, 6.07) is 18.9. The predicted molar refractivity (Wildman–Crippen MR) is 190 cm³/mol. The predicted octanol–water partition coefficient (Wildman–Crippen LogP) is 5.56. The summed E-state index contributed by atoms with van der Waals surface area (Å²) < 4.78 is 23.5. The molecular weight excluding hydrogens is 640 g/mol. The van der Waals surface area contributed by atoms with Crippen molar-refractivity contribution in [2.24, 2.45) is 5.92 Å². The molecule has 0 spiro atoms. The number of fused-ring (bicyclic) bond motifs is 2. The highest BCUT2D eigenvalue weighted by atomic mass is 16.7. The van der Waals surface area contributed by atoms with E-state index >= 15 is 0 Å². The summed E-state index contributed by atoms with van der Waals surface area (Å²) in [6.07, 6.45) is 1.96. The van der Waals surface area contributed by atoms with Gasteiger partial charge in [0.05, 0.1) is 36.8 Å². The van der Waals surface area contributed by atoms with E-state index in [1.165, 1.54) is 0 Å². The van der Waals surface area contributed by atoms with E-state index in [2.05, 4.69) is 10.6 Å². The van der Waals surface area contributed by atoms with Crippen LogP contribution in [0.5, 0.6) is 17.2 Å². The van der Waals surface area contributed by atoms with Crippen molar-refractivity contribution in [3.05, 3.63) is 77.9 Å². The Morgan fingerprint density at radius 3 is 2.44 bits per heavy atom. The zero-order valence-corrected chi connectivity index (χ0v) is 29.2. The lowest BCUT2D eigenvalue weighted by atomic mass is 10.0. The average molecular weight is 689 g/mol. The first-order valence-electron chi connectivity index (χ1n) is 17.2. The van der Waals surface area contributed by atoms with Crippen LogP contribution in [0.2, 0.25) is 0 Å². The quantitative estimate of drug-likeness (QED) is 0.280. The molecule has 5 rings (SSSR count). The fourth-order valence-corrected chi connectivity index (χ4v) is 6.00. The Balaban J connectivity index is 1.35. The smallest absolute Gasteiger partial charge is 0.321 e. The minimum absolute atomic E-state index is 0.141. The largest absolute Gasteiger partial charge is 0.490 e. The molecule has 3 N–H and O–H groups in total. The molecule has 2 heterocycles. The third-order valence-electron chi connectivity index (χ3n) is 8.97. The van der Waals surface area contributed by atoms with Crippen molar-refractivity contribution in [2.75, 3.05) is 50.8 Å². The molecule has 12 heteroatoms. The molecule has 0 radical (unpaired) electrons. The number of carbonyl (C=O) groups excluding carboxylic acids is 3. The van der Waals surface area contributed by atoms with Crippen LogP contribution in [0.4, 0.5) is 16.2 Å². The molecule has 0 fully saturated rings. The molecule has 0 saturated heterocycles. The van der Waals surface area contributed by atoms with Crippen molar-refractivity contribution in [3.63, 3.8) is 0 Å². The Bertz CT molecular complexity index is 1620. The molecule has 0 saturated carbocycles. The fraction of sp³-hybridized carbons (Fsp3) is 0.447. The van der Waals surface area contributed by atoms with Gasteiger partial charge >= 0.3 is 6.03 Å². The average Bonchev–Trinajstić information content (AvgIpc) is 3.58. The van der Waals surface area contributed by atoms with Gasteiger partial charge in [-0.15, -0.1) is 0 Å². The molecule has 0 bridgehead atoms. The fourth-order valence-electron chi connectivity index (χ4n) is 6.00. The number of rotatable bonds is 8. The zero-order chi connectivity index (χ0) is 35.6. The topological polar surface area (TPSA) is 139 Å². The van der Waals surface area contributed by atoms with Crippen LogP contribution in [0.3, 0.4) is 0 Å². The van der Waals surface area contributed by atoms with Gasteiger partial charge < -0.3 is 44.5 Å². The summed E-state index contributed by atoms with van der Waals surface area (Å²) in [4.78, 5) is 43.7. The maximum Gasteiger partial charge on any atom is 0.321 e. The third kappa shape index (κ3) is 9.66. The standard InChI is InChI=1S/C38H48N4O8/c1-25-21-42(26(2)23-43)37(45)31-19-29(39-36(44)18-28-11-6-5-7-12-28)13-15-32(31)50-27(3)10-8-9-17-47-35(25)22-41(4)38(46)40-30-14-16-33-34(20-30)49-24-48-33/h5-7,11-16,19-20,25-27,35,43H,8-10,17-18,21-24H2,1-4H3,(H,39,44)(H,40,46)/t25-,26+,27-,35-/m0/s1. The SMILES string of the molecule is C[C@H](CO)N1C[C@H](C)[C@H](CN(C)C(=O)Nc2ccc3c(c2)OCO3)OCCCC[C@H](C)Oc2ccc(NC(=O)Cc3ccccc3)cc2C1=O. The first kappa shape index (κ1) is 36.5. The van der Waals surface area contributed by atoms with Crippen molar-refractivity contribution >= 4 is 29.2 Å². The van der Waals surface area contributed by atoms with Crippen LogP contribution in [0.15, 0.2) is 66.7 Å². The van der Waals surface area contributed by atoms with E-state index in [-0.39, 0.29) is 68.3 Å². The van der Waals surface area contributed by atoms with E-state index in [1.54, 1.807) is 60.2 Å². The van der Waals surface area contributed by atoms with Crippen molar-refractivity contribution in [1.29, 1.82) is 0 Å². The van der Waals surface area contributed by atoms with E-state index in [4.69, 9.17) is 18.9 Å². The number of carbonyl (C=O) groups is 3. The van der Waals surface area contributed by atoms with E-state index in [0.29, 0.717) is 35.2 Å². The number of hydrogen-bond acceptors (Lipinski definition) is 8. The molecular formula is C38H48N4O8. The van der Waals surface area contributed by atoms with Gasteiger partial charge in [0.25, 0.3) is 5.91 Å². The Kier molecular flexibility index (Phi) is 12.6. The van der Waals surface area contributed by atoms with Crippen LogP contribution >= 0.6 is 0 Å². The highest BCUT2D eigenvalue weighted by Crippen LogP contribution is 2.34. The normalized spacial score (nSPS) is 20.1. The van der Waals surface area contributed by atoms with Gasteiger partial charge in [0.1, 0.15) is 5.75 Å². The number of amides is 4. The summed E-state index contributed by atoms with van der Waals surface area (Å²) in [6.45, 7) is 6.58. The summed E-state index contributed by atoms with van der Waals surface area (Å²) in [5.74, 6) is 0.829. The highest BCUT2D eigenvalue weighted by molar-refractivity contribution is 6.00. The van der Waals surface area contributed by atoms with E-state index in [1.807, 2.05) is 44.2 Å². The lowest BCUT2D eigenvalue weighted by molar-refractivity contribution is -0.115. The van der Waals surface area contributed by atoms with Crippen LogP contribution in [-0.2, 0) is 16.0 Å². The molecule has 0 unspecified atom stereocenters. The van der Waals surface area contributed by atoms with E-state index in [0.717, 1.165) is 24.8 Å². The van der Waals surface area contributed by atoms with Crippen LogP contribution in [0, 0.1) is 5.92 Å². The summed E-state index contributed by atoms with van der Waals surface area (Å²) in [7, 11) is 1.70. The number of benzene rings is 3. The molecule has 3 aromatic rings. The lowest BCUT2D eigenvalue weighted by Crippen LogP contribution is -2.48. The van der Waals surface area contributed by atoms with Gasteiger partial charge in [0, 0.05) is 50.1 Å². The molecule has 2 aliphatic rings. The van der Waals surface area contributed by atoms with Gasteiger partial charge in [-0.1, -0.05) is 37.3 Å². The lowest BCUT2D eigenvalue weighted by Gasteiger charge is -2.35. The molecule has 4 atom stereocenters. The maximum absolute atomic E-state index is 14.4. The number of hydrogen-bond donors (Lipinski definition) is 3. The second-order valence-electron chi connectivity index (χ2n) is 13.1. The van der Waals surface area contributed by atoms with Crippen LogP contribution in [-0.4, -0.2) is 91.1 Å². The minimum Gasteiger partial charge on any atom is -0.490 e. The number of nitrogens with zero attached hydrogens (tertiary/aromatic N) is 2. The molecule has 3 aromatic carbocycles. The van der Waals surface area contributed by atoms with Crippen molar-refractivity contribution in [2.45, 2.75) is 64.7 Å². The van der Waals surface area contributed by atoms with Crippen molar-refractivity contribution in [3.8, 4) is 17.2 Å². The van der Waals surface area contributed by atoms with Gasteiger partial charge in [0.2, 0.25) is 12.7 Å². The van der Waals surface area contributed by atoms with Crippen molar-refractivity contribution < 1.29 is 38.4 Å². The van der Waals surface area contributed by atoms with Crippen molar-refractivity contribution in [1.82, 2.24) is 9.80 Å². The maximum atomic E-state index is 14.4. The number of anilines is 2. The number of aliphatic hydroxyl groups is 1.